The third kappa shape index (κ3) is 4.67. The highest BCUT2D eigenvalue weighted by Crippen LogP contribution is 2.51. The molecule has 1 amide bonds. The molecule has 2 atom stereocenters. The highest BCUT2D eigenvalue weighted by atomic mass is 16.4. The number of carboxylic acid groups (broad SMARTS) is 1. The molecule has 0 aromatic heterocycles. The summed E-state index contributed by atoms with van der Waals surface area (Å²) in [6.45, 7) is 6.96. The molecule has 1 aliphatic carbocycles. The SMILES string of the molecule is CCC(CCNC(=O)C1CC1(C)C)CCC(=O)O. The Morgan fingerprint density at radius 2 is 2.00 bits per heavy atom. The second-order valence-corrected chi connectivity index (χ2v) is 6.03. The minimum Gasteiger partial charge on any atom is -0.481 e. The molecule has 1 aliphatic rings. The van der Waals surface area contributed by atoms with Crippen molar-refractivity contribution in [2.45, 2.75) is 52.9 Å². The largest absolute Gasteiger partial charge is 0.481 e. The Balaban J connectivity index is 2.15. The number of nitrogens with one attached hydrogen (secondary N) is 1. The zero-order valence-electron chi connectivity index (χ0n) is 11.7. The average Bonchev–Trinajstić information content (AvgIpc) is 2.92. The van der Waals surface area contributed by atoms with E-state index in [0.717, 1.165) is 19.3 Å². The van der Waals surface area contributed by atoms with Crippen LogP contribution in [0, 0.1) is 17.3 Å². The lowest BCUT2D eigenvalue weighted by Gasteiger charge is -2.14. The topological polar surface area (TPSA) is 66.4 Å². The number of hydrogen-bond acceptors (Lipinski definition) is 2. The number of hydrogen-bond donors (Lipinski definition) is 2. The van der Waals surface area contributed by atoms with Crippen LogP contribution in [-0.2, 0) is 9.59 Å². The number of carbonyl (C=O) groups is 2. The molecule has 0 heterocycles. The van der Waals surface area contributed by atoms with Crippen molar-refractivity contribution in [1.82, 2.24) is 5.32 Å². The fourth-order valence-electron chi connectivity index (χ4n) is 2.32. The lowest BCUT2D eigenvalue weighted by atomic mass is 9.96. The molecule has 18 heavy (non-hydrogen) atoms. The minimum atomic E-state index is -0.739. The van der Waals surface area contributed by atoms with Crippen molar-refractivity contribution in [1.29, 1.82) is 0 Å². The van der Waals surface area contributed by atoms with Crippen molar-refractivity contribution in [2.24, 2.45) is 17.3 Å². The van der Waals surface area contributed by atoms with Gasteiger partial charge in [0.2, 0.25) is 5.91 Å². The molecule has 1 rings (SSSR count). The summed E-state index contributed by atoms with van der Waals surface area (Å²) in [6.07, 6.45) is 3.76. The van der Waals surface area contributed by atoms with E-state index < -0.39 is 5.97 Å². The molecule has 4 nitrogen and oxygen atoms in total. The molecular weight excluding hydrogens is 230 g/mol. The van der Waals surface area contributed by atoms with Gasteiger partial charge in [-0.2, -0.15) is 0 Å². The number of aliphatic carboxylic acids is 1. The molecule has 0 aliphatic heterocycles. The lowest BCUT2D eigenvalue weighted by molar-refractivity contribution is -0.137. The molecule has 0 radical (unpaired) electrons. The Labute approximate surface area is 109 Å². The summed E-state index contributed by atoms with van der Waals surface area (Å²) < 4.78 is 0. The Bertz CT molecular complexity index is 312. The molecule has 2 N–H and O–H groups in total. The van der Waals surface area contributed by atoms with Gasteiger partial charge in [-0.1, -0.05) is 27.2 Å². The van der Waals surface area contributed by atoms with Crippen LogP contribution in [0.5, 0.6) is 0 Å². The third-order valence-corrected chi connectivity index (χ3v) is 4.03. The molecular formula is C14H25NO3. The van der Waals surface area contributed by atoms with Crippen molar-refractivity contribution < 1.29 is 14.7 Å². The maximum absolute atomic E-state index is 11.8. The fraction of sp³-hybridized carbons (Fsp3) is 0.857. The Morgan fingerprint density at radius 1 is 1.39 bits per heavy atom. The molecule has 0 saturated heterocycles. The van der Waals surface area contributed by atoms with Crippen LogP contribution < -0.4 is 5.32 Å². The highest BCUT2D eigenvalue weighted by Gasteiger charge is 2.50. The van der Waals surface area contributed by atoms with E-state index in [9.17, 15) is 9.59 Å². The van der Waals surface area contributed by atoms with Crippen LogP contribution >= 0.6 is 0 Å². The van der Waals surface area contributed by atoms with E-state index >= 15 is 0 Å². The minimum absolute atomic E-state index is 0.160. The second kappa shape index (κ2) is 6.21. The number of rotatable bonds is 8. The smallest absolute Gasteiger partial charge is 0.303 e. The molecule has 4 heteroatoms. The standard InChI is InChI=1S/C14H25NO3/c1-4-10(5-6-12(16)17)7-8-15-13(18)11-9-14(11,2)3/h10-11H,4-9H2,1-3H3,(H,15,18)(H,16,17). The second-order valence-electron chi connectivity index (χ2n) is 6.03. The molecule has 1 saturated carbocycles. The van der Waals surface area contributed by atoms with Gasteiger partial charge >= 0.3 is 5.97 Å². The van der Waals surface area contributed by atoms with Gasteiger partial charge in [0.1, 0.15) is 0 Å². The summed E-state index contributed by atoms with van der Waals surface area (Å²) >= 11 is 0. The summed E-state index contributed by atoms with van der Waals surface area (Å²) in [4.78, 5) is 22.3. The zero-order chi connectivity index (χ0) is 13.8. The van der Waals surface area contributed by atoms with Crippen LogP contribution in [0.15, 0.2) is 0 Å². The molecule has 0 spiro atoms. The summed E-state index contributed by atoms with van der Waals surface area (Å²) in [6, 6.07) is 0. The maximum atomic E-state index is 11.8. The van der Waals surface area contributed by atoms with Gasteiger partial charge in [0, 0.05) is 18.9 Å². The van der Waals surface area contributed by atoms with E-state index in [0.29, 0.717) is 18.9 Å². The van der Waals surface area contributed by atoms with Crippen molar-refractivity contribution in [3.05, 3.63) is 0 Å². The summed E-state index contributed by atoms with van der Waals surface area (Å²) in [5.41, 5.74) is 0.178. The fourth-order valence-corrected chi connectivity index (χ4v) is 2.32. The van der Waals surface area contributed by atoms with Gasteiger partial charge in [0.25, 0.3) is 0 Å². The first-order valence-electron chi connectivity index (χ1n) is 6.86. The van der Waals surface area contributed by atoms with Gasteiger partial charge in [-0.05, 0) is 30.6 Å². The zero-order valence-corrected chi connectivity index (χ0v) is 11.7. The maximum Gasteiger partial charge on any atom is 0.303 e. The van der Waals surface area contributed by atoms with Crippen molar-refractivity contribution >= 4 is 11.9 Å². The normalized spacial score (nSPS) is 22.3. The first-order valence-corrected chi connectivity index (χ1v) is 6.86. The molecule has 1 fully saturated rings. The predicted octanol–water partition coefficient (Wildman–Crippen LogP) is 2.43. The van der Waals surface area contributed by atoms with Crippen LogP contribution in [-0.4, -0.2) is 23.5 Å². The monoisotopic (exact) mass is 255 g/mol. The van der Waals surface area contributed by atoms with Crippen molar-refractivity contribution in [3.8, 4) is 0 Å². The highest BCUT2D eigenvalue weighted by molar-refractivity contribution is 5.82. The van der Waals surface area contributed by atoms with Crippen LogP contribution in [0.4, 0.5) is 0 Å². The quantitative estimate of drug-likeness (QED) is 0.700. The average molecular weight is 255 g/mol. The van der Waals surface area contributed by atoms with E-state index in [1.54, 1.807) is 0 Å². The number of carbonyl (C=O) groups excluding carboxylic acids is 1. The van der Waals surface area contributed by atoms with E-state index in [2.05, 4.69) is 26.1 Å². The molecule has 0 bridgehead atoms. The van der Waals surface area contributed by atoms with Gasteiger partial charge in [-0.3, -0.25) is 9.59 Å². The van der Waals surface area contributed by atoms with E-state index in [4.69, 9.17) is 5.11 Å². The first kappa shape index (κ1) is 15.0. The van der Waals surface area contributed by atoms with Gasteiger partial charge < -0.3 is 10.4 Å². The van der Waals surface area contributed by atoms with Gasteiger partial charge in [0.05, 0.1) is 0 Å². The van der Waals surface area contributed by atoms with Crippen LogP contribution in [0.1, 0.15) is 52.9 Å². The number of carboxylic acids is 1. The molecule has 104 valence electrons. The van der Waals surface area contributed by atoms with Crippen LogP contribution in [0.3, 0.4) is 0 Å². The Kier molecular flexibility index (Phi) is 5.17. The Hall–Kier alpha value is -1.06. The molecule has 0 aromatic carbocycles. The first-order chi connectivity index (χ1) is 8.36. The summed E-state index contributed by atoms with van der Waals surface area (Å²) in [5, 5.41) is 11.6. The Morgan fingerprint density at radius 3 is 2.44 bits per heavy atom. The summed E-state index contributed by atoms with van der Waals surface area (Å²) in [7, 11) is 0. The van der Waals surface area contributed by atoms with E-state index in [1.807, 2.05) is 0 Å². The van der Waals surface area contributed by atoms with Crippen LogP contribution in [0.25, 0.3) is 0 Å². The van der Waals surface area contributed by atoms with Gasteiger partial charge in [0.15, 0.2) is 0 Å². The van der Waals surface area contributed by atoms with Crippen molar-refractivity contribution in [3.63, 3.8) is 0 Å². The number of amides is 1. The molecule has 2 unspecified atom stereocenters. The van der Waals surface area contributed by atoms with E-state index in [-0.39, 0.29) is 23.7 Å². The molecule has 0 aromatic rings. The van der Waals surface area contributed by atoms with E-state index in [1.165, 1.54) is 0 Å². The van der Waals surface area contributed by atoms with Gasteiger partial charge in [-0.25, -0.2) is 0 Å². The van der Waals surface area contributed by atoms with Crippen molar-refractivity contribution in [2.75, 3.05) is 6.54 Å². The predicted molar refractivity (Wildman–Crippen MR) is 70.2 cm³/mol. The summed E-state index contributed by atoms with van der Waals surface area (Å²) in [5.74, 6) is -0.00416. The third-order valence-electron chi connectivity index (χ3n) is 4.03. The van der Waals surface area contributed by atoms with Crippen LogP contribution in [0.2, 0.25) is 0 Å². The lowest BCUT2D eigenvalue weighted by Crippen LogP contribution is -2.28. The van der Waals surface area contributed by atoms with Gasteiger partial charge in [-0.15, -0.1) is 0 Å².